The molecule has 114 valence electrons. The van der Waals surface area contributed by atoms with Gasteiger partial charge in [0.2, 0.25) is 0 Å². The zero-order valence-electron chi connectivity index (χ0n) is 10.9. The van der Waals surface area contributed by atoms with Gasteiger partial charge >= 0.3 is 12.3 Å². The molecule has 1 rings (SSSR count). The molecule has 0 spiro atoms. The van der Waals surface area contributed by atoms with Crippen molar-refractivity contribution in [1.29, 1.82) is 0 Å². The highest BCUT2D eigenvalue weighted by Crippen LogP contribution is 2.25. The second-order valence-electron chi connectivity index (χ2n) is 3.97. The molecule has 1 aromatic rings. The normalized spacial score (nSPS) is 12.0. The molecule has 0 aliphatic carbocycles. The van der Waals surface area contributed by atoms with E-state index < -0.39 is 19.0 Å². The topological polar surface area (TPSA) is 47.0 Å². The van der Waals surface area contributed by atoms with Crippen molar-refractivity contribution in [3.63, 3.8) is 0 Å². The van der Waals surface area contributed by atoms with Gasteiger partial charge in [-0.3, -0.25) is 0 Å². The van der Waals surface area contributed by atoms with Crippen molar-refractivity contribution in [3.8, 4) is 0 Å². The first-order valence-electron chi connectivity index (χ1n) is 5.78. The summed E-state index contributed by atoms with van der Waals surface area (Å²) in [5, 5.41) is 2.96. The number of nitrogens with one attached hydrogen (secondary N) is 1. The number of aryl methyl sites for hydroxylation is 1. The fraction of sp³-hybridized carbons (Fsp3) is 0.636. The quantitative estimate of drug-likeness (QED) is 0.758. The second kappa shape index (κ2) is 7.16. The fourth-order valence-corrected chi connectivity index (χ4v) is 1.63. The van der Waals surface area contributed by atoms with Gasteiger partial charge in [-0.05, 0) is 29.8 Å². The van der Waals surface area contributed by atoms with Crippen molar-refractivity contribution in [2.45, 2.75) is 32.8 Å². The van der Waals surface area contributed by atoms with Crippen LogP contribution in [0.4, 0.5) is 23.4 Å². The van der Waals surface area contributed by atoms with E-state index in [1.165, 1.54) is 0 Å². The number of halogens is 5. The zero-order valence-corrected chi connectivity index (χ0v) is 12.5. The number of rotatable bonds is 7. The molecule has 0 aromatic carbocycles. The Kier molecular flexibility index (Phi) is 6.12. The minimum atomic E-state index is -4.17. The molecule has 0 aliphatic heterocycles. The van der Waals surface area contributed by atoms with E-state index in [2.05, 4.69) is 36.0 Å². The van der Waals surface area contributed by atoms with Gasteiger partial charge in [0.15, 0.2) is 5.82 Å². The summed E-state index contributed by atoms with van der Waals surface area (Å²) in [6.07, 6.45) is -3.76. The van der Waals surface area contributed by atoms with Gasteiger partial charge in [0.05, 0.1) is 10.2 Å². The molecule has 0 unspecified atom stereocenters. The zero-order chi connectivity index (χ0) is 15.3. The third kappa shape index (κ3) is 4.55. The molecule has 0 aliphatic rings. The molecule has 0 fully saturated rings. The largest absolute Gasteiger partial charge is 0.369 e. The van der Waals surface area contributed by atoms with Crippen molar-refractivity contribution in [3.05, 3.63) is 16.0 Å². The Morgan fingerprint density at radius 1 is 1.35 bits per heavy atom. The Morgan fingerprint density at radius 3 is 2.55 bits per heavy atom. The number of nitrogens with zero attached hydrogens (tertiary/aromatic N) is 2. The molecular formula is C11H14BrF4N3O. The Labute approximate surface area is 122 Å². The highest BCUT2D eigenvalue weighted by molar-refractivity contribution is 9.10. The van der Waals surface area contributed by atoms with E-state index >= 15 is 0 Å². The minimum absolute atomic E-state index is 0.145. The molecule has 1 heterocycles. The first-order chi connectivity index (χ1) is 9.27. The Balaban J connectivity index is 2.69. The van der Waals surface area contributed by atoms with Crippen molar-refractivity contribution >= 4 is 21.7 Å². The number of hydrogen-bond donors (Lipinski definition) is 1. The Morgan fingerprint density at radius 2 is 2.00 bits per heavy atom. The maximum atomic E-state index is 12.7. The molecule has 1 N–H and O–H groups in total. The molecule has 4 nitrogen and oxygen atoms in total. The predicted molar refractivity (Wildman–Crippen MR) is 69.2 cm³/mol. The summed E-state index contributed by atoms with van der Waals surface area (Å²) in [7, 11) is 0. The van der Waals surface area contributed by atoms with Crippen LogP contribution in [-0.4, -0.2) is 35.5 Å². The van der Waals surface area contributed by atoms with E-state index in [0.717, 1.165) is 0 Å². The van der Waals surface area contributed by atoms with Crippen LogP contribution in [0.3, 0.4) is 0 Å². The van der Waals surface area contributed by atoms with E-state index in [-0.39, 0.29) is 12.4 Å². The lowest BCUT2D eigenvalue weighted by molar-refractivity contribution is -0.168. The summed E-state index contributed by atoms with van der Waals surface area (Å²) in [5.74, 6) is -3.53. The predicted octanol–water partition coefficient (Wildman–Crippen LogP) is 3.40. The molecule has 9 heteroatoms. The summed E-state index contributed by atoms with van der Waals surface area (Å²) in [5.41, 5.74) is 0.593. The van der Waals surface area contributed by atoms with Gasteiger partial charge in [-0.15, -0.1) is 0 Å². The van der Waals surface area contributed by atoms with Gasteiger partial charge in [-0.25, -0.2) is 18.7 Å². The molecule has 0 atom stereocenters. The van der Waals surface area contributed by atoms with E-state index in [4.69, 9.17) is 0 Å². The number of aromatic nitrogens is 2. The fourth-order valence-electron chi connectivity index (χ4n) is 1.31. The van der Waals surface area contributed by atoms with Crippen molar-refractivity contribution < 1.29 is 22.3 Å². The van der Waals surface area contributed by atoms with Gasteiger partial charge in [0.25, 0.3) is 0 Å². The third-order valence-corrected chi connectivity index (χ3v) is 3.20. The smallest absolute Gasteiger partial charge is 0.330 e. The van der Waals surface area contributed by atoms with Crippen LogP contribution in [0.2, 0.25) is 0 Å². The number of alkyl halides is 4. The summed E-state index contributed by atoms with van der Waals surface area (Å²) in [6.45, 7) is 2.43. The summed E-state index contributed by atoms with van der Waals surface area (Å²) < 4.78 is 54.4. The minimum Gasteiger partial charge on any atom is -0.369 e. The van der Waals surface area contributed by atoms with Gasteiger partial charge in [0, 0.05) is 6.54 Å². The highest BCUT2D eigenvalue weighted by Gasteiger charge is 2.41. The van der Waals surface area contributed by atoms with Crippen LogP contribution in [0.1, 0.15) is 18.4 Å². The average molecular weight is 360 g/mol. The van der Waals surface area contributed by atoms with Gasteiger partial charge in [-0.2, -0.15) is 8.78 Å². The third-order valence-electron chi connectivity index (χ3n) is 2.25. The Bertz CT molecular complexity index is 460. The molecule has 0 saturated carbocycles. The van der Waals surface area contributed by atoms with Crippen LogP contribution in [0.15, 0.2) is 4.47 Å². The van der Waals surface area contributed by atoms with Crippen LogP contribution in [0.5, 0.6) is 0 Å². The lowest BCUT2D eigenvalue weighted by Gasteiger charge is -2.15. The number of anilines is 1. The van der Waals surface area contributed by atoms with Crippen molar-refractivity contribution in [2.75, 3.05) is 18.5 Å². The van der Waals surface area contributed by atoms with Crippen molar-refractivity contribution in [2.24, 2.45) is 0 Å². The number of hydrogen-bond acceptors (Lipinski definition) is 4. The molecule has 1 aromatic heterocycles. The van der Waals surface area contributed by atoms with Crippen LogP contribution in [-0.2, 0) is 11.3 Å². The highest BCUT2D eigenvalue weighted by atomic mass is 79.9. The first-order valence-corrected chi connectivity index (χ1v) is 6.57. The first kappa shape index (κ1) is 17.1. The van der Waals surface area contributed by atoms with Gasteiger partial charge in [0.1, 0.15) is 19.0 Å². The van der Waals surface area contributed by atoms with E-state index in [9.17, 15) is 17.6 Å². The Hall–Kier alpha value is -0.960. The van der Waals surface area contributed by atoms with Crippen LogP contribution in [0.25, 0.3) is 0 Å². The molecule has 0 bridgehead atoms. The monoisotopic (exact) mass is 359 g/mol. The summed E-state index contributed by atoms with van der Waals surface area (Å²) >= 11 is 3.29. The SMILES string of the molecule is CCNc1nc(COCC(F)(F)C(F)F)nc(C)c1Br. The van der Waals surface area contributed by atoms with Gasteiger partial charge in [-0.1, -0.05) is 0 Å². The van der Waals surface area contributed by atoms with E-state index in [0.29, 0.717) is 22.5 Å². The van der Waals surface area contributed by atoms with Crippen LogP contribution >= 0.6 is 15.9 Å². The molecular weight excluding hydrogens is 346 g/mol. The number of ether oxygens (including phenoxy) is 1. The molecule has 20 heavy (non-hydrogen) atoms. The lowest BCUT2D eigenvalue weighted by Crippen LogP contribution is -2.32. The average Bonchev–Trinajstić information content (AvgIpc) is 2.35. The van der Waals surface area contributed by atoms with Gasteiger partial charge < -0.3 is 10.1 Å². The standard InChI is InChI=1S/C11H14BrF4N3O/c1-3-17-9-8(12)6(2)18-7(19-9)4-20-5-11(15,16)10(13)14/h10H,3-5H2,1-2H3,(H,17,18,19). The second-order valence-corrected chi connectivity index (χ2v) is 4.77. The van der Waals surface area contributed by atoms with E-state index in [1.807, 2.05) is 6.92 Å². The molecule has 0 radical (unpaired) electrons. The van der Waals surface area contributed by atoms with Crippen molar-refractivity contribution in [1.82, 2.24) is 9.97 Å². The molecule has 0 saturated heterocycles. The summed E-state index contributed by atoms with van der Waals surface area (Å²) in [4.78, 5) is 8.09. The maximum Gasteiger partial charge on any atom is 0.330 e. The maximum absolute atomic E-state index is 12.7. The van der Waals surface area contributed by atoms with Crippen LogP contribution < -0.4 is 5.32 Å². The molecule has 0 amide bonds. The lowest BCUT2D eigenvalue weighted by atomic mass is 10.4. The van der Waals surface area contributed by atoms with Crippen LogP contribution in [0, 0.1) is 6.92 Å². The summed E-state index contributed by atoms with van der Waals surface area (Å²) in [6, 6.07) is 0. The van der Waals surface area contributed by atoms with E-state index in [1.54, 1.807) is 6.92 Å².